The fourth-order valence-electron chi connectivity index (χ4n) is 2.25. The van der Waals surface area contributed by atoms with Crippen molar-refractivity contribution in [2.75, 3.05) is 19.7 Å². The lowest BCUT2D eigenvalue weighted by atomic mass is 10.1. The summed E-state index contributed by atoms with van der Waals surface area (Å²) in [5, 5.41) is 11.3. The van der Waals surface area contributed by atoms with E-state index in [0.29, 0.717) is 28.6 Å². The van der Waals surface area contributed by atoms with E-state index in [2.05, 4.69) is 21.2 Å². The van der Waals surface area contributed by atoms with Crippen LogP contribution in [0.3, 0.4) is 0 Å². The zero-order valence-corrected chi connectivity index (χ0v) is 13.6. The van der Waals surface area contributed by atoms with Crippen molar-refractivity contribution < 1.29 is 19.5 Å². The highest BCUT2D eigenvalue weighted by molar-refractivity contribution is 9.10. The molecule has 0 aromatic heterocycles. The van der Waals surface area contributed by atoms with E-state index in [1.54, 1.807) is 18.2 Å². The van der Waals surface area contributed by atoms with Crippen molar-refractivity contribution in [1.82, 2.24) is 10.2 Å². The number of aliphatic hydroxyl groups is 1. The van der Waals surface area contributed by atoms with Gasteiger partial charge in [-0.2, -0.15) is 0 Å². The third-order valence-electron chi connectivity index (χ3n) is 3.39. The second kappa shape index (κ2) is 7.51. The molecule has 0 bridgehead atoms. The first kappa shape index (κ1) is 16.6. The zero-order valence-electron chi connectivity index (χ0n) is 12.0. The minimum atomic E-state index is -0.447. The Balaban J connectivity index is 1.90. The van der Waals surface area contributed by atoms with Crippen LogP contribution in [-0.2, 0) is 4.79 Å². The minimum absolute atomic E-state index is 0.137. The van der Waals surface area contributed by atoms with E-state index in [1.807, 2.05) is 0 Å². The summed E-state index contributed by atoms with van der Waals surface area (Å²) >= 11 is 3.26. The van der Waals surface area contributed by atoms with Crippen LogP contribution in [0.5, 0.6) is 0 Å². The van der Waals surface area contributed by atoms with Crippen molar-refractivity contribution in [3.8, 4) is 0 Å². The second-order valence-corrected chi connectivity index (χ2v) is 5.94. The number of fused-ring (bicyclic) bond motifs is 1. The van der Waals surface area contributed by atoms with E-state index in [-0.39, 0.29) is 19.1 Å². The highest BCUT2D eigenvalue weighted by atomic mass is 79.9. The number of unbranched alkanes of at least 4 members (excludes halogenated alkanes) is 2. The molecule has 1 heterocycles. The molecule has 1 aliphatic rings. The number of rotatable bonds is 7. The number of nitrogens with one attached hydrogen (secondary N) is 1. The molecule has 0 saturated heterocycles. The van der Waals surface area contributed by atoms with E-state index in [0.717, 1.165) is 17.7 Å². The summed E-state index contributed by atoms with van der Waals surface area (Å²) in [6.45, 7) is 0.329. The van der Waals surface area contributed by atoms with Gasteiger partial charge in [-0.05, 0) is 37.5 Å². The first-order valence-corrected chi connectivity index (χ1v) is 7.87. The number of carbonyl (C=O) groups is 3. The van der Waals surface area contributed by atoms with E-state index in [9.17, 15) is 14.4 Å². The van der Waals surface area contributed by atoms with Gasteiger partial charge in [0.15, 0.2) is 0 Å². The number of hydrogen-bond donors (Lipinski definition) is 2. The highest BCUT2D eigenvalue weighted by Crippen LogP contribution is 2.25. The normalized spacial score (nSPS) is 13.5. The van der Waals surface area contributed by atoms with Gasteiger partial charge in [-0.1, -0.05) is 15.9 Å². The Morgan fingerprint density at radius 2 is 1.86 bits per heavy atom. The van der Waals surface area contributed by atoms with Crippen LogP contribution >= 0.6 is 15.9 Å². The van der Waals surface area contributed by atoms with Crippen LogP contribution in [-0.4, -0.2) is 47.4 Å². The summed E-state index contributed by atoms with van der Waals surface area (Å²) in [5.74, 6) is -1.25. The molecule has 0 atom stereocenters. The van der Waals surface area contributed by atoms with Crippen LogP contribution in [0.2, 0.25) is 0 Å². The van der Waals surface area contributed by atoms with Gasteiger partial charge in [-0.15, -0.1) is 0 Å². The van der Waals surface area contributed by atoms with Gasteiger partial charge in [0.25, 0.3) is 11.8 Å². The van der Waals surface area contributed by atoms with Crippen molar-refractivity contribution in [2.24, 2.45) is 0 Å². The number of amides is 3. The molecule has 22 heavy (non-hydrogen) atoms. The van der Waals surface area contributed by atoms with Crippen molar-refractivity contribution in [1.29, 1.82) is 0 Å². The summed E-state index contributed by atoms with van der Waals surface area (Å²) in [6, 6.07) is 4.85. The predicted octanol–water partition coefficient (Wildman–Crippen LogP) is 1.32. The molecule has 2 N–H and O–H groups in total. The average molecular weight is 369 g/mol. The lowest BCUT2D eigenvalue weighted by Gasteiger charge is -2.13. The third-order valence-corrected chi connectivity index (χ3v) is 3.88. The van der Waals surface area contributed by atoms with Gasteiger partial charge in [-0.3, -0.25) is 19.3 Å². The number of hydrogen-bond acceptors (Lipinski definition) is 4. The van der Waals surface area contributed by atoms with Crippen LogP contribution in [0, 0.1) is 0 Å². The number of nitrogens with zero attached hydrogens (tertiary/aromatic N) is 1. The molecule has 0 fully saturated rings. The summed E-state index contributed by atoms with van der Waals surface area (Å²) in [4.78, 5) is 37.1. The number of benzene rings is 1. The molecule has 118 valence electrons. The predicted molar refractivity (Wildman–Crippen MR) is 83.5 cm³/mol. The Labute approximate surface area is 136 Å². The SMILES string of the molecule is O=C(CN1C(=O)c2ccc(Br)cc2C1=O)NCCCCCO. The topological polar surface area (TPSA) is 86.7 Å². The second-order valence-electron chi connectivity index (χ2n) is 5.02. The van der Waals surface area contributed by atoms with E-state index in [4.69, 9.17) is 5.11 Å². The average Bonchev–Trinajstić information content (AvgIpc) is 2.72. The van der Waals surface area contributed by atoms with Crippen LogP contribution < -0.4 is 5.32 Å². The maximum atomic E-state index is 12.2. The minimum Gasteiger partial charge on any atom is -0.396 e. The van der Waals surface area contributed by atoms with Crippen LogP contribution in [0.1, 0.15) is 40.0 Å². The Morgan fingerprint density at radius 1 is 1.14 bits per heavy atom. The molecule has 0 radical (unpaired) electrons. The molecule has 2 rings (SSSR count). The summed E-state index contributed by atoms with van der Waals surface area (Å²) in [6.07, 6.45) is 2.27. The lowest BCUT2D eigenvalue weighted by molar-refractivity contribution is -0.121. The fraction of sp³-hybridized carbons (Fsp3) is 0.400. The van der Waals surface area contributed by atoms with Gasteiger partial charge in [0.05, 0.1) is 11.1 Å². The summed E-state index contributed by atoms with van der Waals surface area (Å²) < 4.78 is 0.711. The van der Waals surface area contributed by atoms with E-state index in [1.165, 1.54) is 0 Å². The fourth-order valence-corrected chi connectivity index (χ4v) is 2.61. The molecule has 6 nitrogen and oxygen atoms in total. The molecule has 7 heteroatoms. The van der Waals surface area contributed by atoms with Gasteiger partial charge >= 0.3 is 0 Å². The van der Waals surface area contributed by atoms with Crippen molar-refractivity contribution in [2.45, 2.75) is 19.3 Å². The first-order chi connectivity index (χ1) is 10.5. The molecule has 1 aromatic carbocycles. The number of carbonyl (C=O) groups excluding carboxylic acids is 3. The third kappa shape index (κ3) is 3.72. The number of imide groups is 1. The monoisotopic (exact) mass is 368 g/mol. The molecule has 0 unspecified atom stereocenters. The molecular formula is C15H17BrN2O4. The van der Waals surface area contributed by atoms with E-state index < -0.39 is 11.8 Å². The van der Waals surface area contributed by atoms with Crippen molar-refractivity contribution >= 4 is 33.7 Å². The molecule has 1 aromatic rings. The van der Waals surface area contributed by atoms with Crippen LogP contribution in [0.15, 0.2) is 22.7 Å². The van der Waals surface area contributed by atoms with Crippen molar-refractivity contribution in [3.05, 3.63) is 33.8 Å². The quantitative estimate of drug-likeness (QED) is 0.561. The Bertz CT molecular complexity index is 603. The molecular weight excluding hydrogens is 352 g/mol. The van der Waals surface area contributed by atoms with Gasteiger partial charge in [-0.25, -0.2) is 0 Å². The summed E-state index contributed by atoms with van der Waals surface area (Å²) in [5.41, 5.74) is 0.638. The van der Waals surface area contributed by atoms with Gasteiger partial charge in [0.1, 0.15) is 6.54 Å². The van der Waals surface area contributed by atoms with Crippen molar-refractivity contribution in [3.63, 3.8) is 0 Å². The van der Waals surface area contributed by atoms with Gasteiger partial charge in [0, 0.05) is 17.6 Å². The first-order valence-electron chi connectivity index (χ1n) is 7.08. The molecule has 1 aliphatic heterocycles. The van der Waals surface area contributed by atoms with Gasteiger partial charge < -0.3 is 10.4 Å². The molecule has 3 amide bonds. The largest absolute Gasteiger partial charge is 0.396 e. The Morgan fingerprint density at radius 3 is 2.59 bits per heavy atom. The highest BCUT2D eigenvalue weighted by Gasteiger charge is 2.36. The maximum Gasteiger partial charge on any atom is 0.262 e. The Hall–Kier alpha value is -1.73. The Kier molecular flexibility index (Phi) is 5.68. The lowest BCUT2D eigenvalue weighted by Crippen LogP contribution is -2.40. The number of aliphatic hydroxyl groups excluding tert-OH is 1. The standard InChI is InChI=1S/C15H17BrN2O4/c16-10-4-5-11-12(8-10)15(22)18(14(11)21)9-13(20)17-6-2-1-3-7-19/h4-5,8,19H,1-3,6-7,9H2,(H,17,20). The molecule has 0 saturated carbocycles. The van der Waals surface area contributed by atoms with E-state index >= 15 is 0 Å². The van der Waals surface area contributed by atoms with Crippen LogP contribution in [0.25, 0.3) is 0 Å². The smallest absolute Gasteiger partial charge is 0.262 e. The zero-order chi connectivity index (χ0) is 16.1. The molecule has 0 aliphatic carbocycles. The summed E-state index contributed by atoms with van der Waals surface area (Å²) in [7, 11) is 0. The molecule has 0 spiro atoms. The van der Waals surface area contributed by atoms with Crippen LogP contribution in [0.4, 0.5) is 0 Å². The maximum absolute atomic E-state index is 12.2. The number of halogens is 1. The van der Waals surface area contributed by atoms with Gasteiger partial charge in [0.2, 0.25) is 5.91 Å².